The molecule has 0 bridgehead atoms. The second-order valence-corrected chi connectivity index (χ2v) is 3.55. The highest BCUT2D eigenvalue weighted by Crippen LogP contribution is 2.04. The van der Waals surface area contributed by atoms with Crippen LogP contribution in [-0.4, -0.2) is 39.7 Å². The number of nitrogens with two attached hydrogens (primary N) is 2. The summed E-state index contributed by atoms with van der Waals surface area (Å²) in [5.74, 6) is -0.909. The number of primary amides is 1. The predicted molar refractivity (Wildman–Crippen MR) is 63.7 cm³/mol. The van der Waals surface area contributed by atoms with Crippen molar-refractivity contribution in [3.05, 3.63) is 29.6 Å². The molecule has 1 amide bonds. The Bertz CT molecular complexity index is 449. The number of amides is 1. The van der Waals surface area contributed by atoms with E-state index in [2.05, 4.69) is 15.5 Å². The number of amidine groups is 1. The molecular formula is C10H15N5O3. The number of carbonyl (C=O) groups excluding carboxylic acids is 1. The van der Waals surface area contributed by atoms with Gasteiger partial charge in [-0.2, -0.15) is 0 Å². The summed E-state index contributed by atoms with van der Waals surface area (Å²) in [6.45, 7) is 0.309. The van der Waals surface area contributed by atoms with E-state index in [1.54, 1.807) is 12.1 Å². The second-order valence-electron chi connectivity index (χ2n) is 3.55. The maximum absolute atomic E-state index is 10.6. The standard InChI is InChI=1S/C10H15N5O3/c11-9(15-18)8-6(2-1-3-14-8)4-13-5-7(16)10(12)17/h1-3,7,13,16,18H,4-5H2,(H2,11,15)(H2,12,17). The minimum atomic E-state index is -1.26. The number of nitrogens with zero attached hydrogens (tertiary/aromatic N) is 2. The molecule has 0 radical (unpaired) electrons. The first-order valence-electron chi connectivity index (χ1n) is 5.16. The van der Waals surface area contributed by atoms with Gasteiger partial charge < -0.3 is 27.1 Å². The van der Waals surface area contributed by atoms with Crippen LogP contribution >= 0.6 is 0 Å². The largest absolute Gasteiger partial charge is 0.409 e. The summed E-state index contributed by atoms with van der Waals surface area (Å²) in [5.41, 5.74) is 11.4. The fourth-order valence-electron chi connectivity index (χ4n) is 1.30. The average Bonchev–Trinajstić information content (AvgIpc) is 2.38. The van der Waals surface area contributed by atoms with Gasteiger partial charge in [0.1, 0.15) is 11.8 Å². The van der Waals surface area contributed by atoms with E-state index in [0.717, 1.165) is 0 Å². The third-order valence-corrected chi connectivity index (χ3v) is 2.22. The lowest BCUT2D eigenvalue weighted by atomic mass is 10.1. The summed E-state index contributed by atoms with van der Waals surface area (Å²) in [7, 11) is 0. The van der Waals surface area contributed by atoms with Crippen LogP contribution in [0.15, 0.2) is 23.5 Å². The molecule has 7 N–H and O–H groups in total. The van der Waals surface area contributed by atoms with Crippen molar-refractivity contribution in [2.75, 3.05) is 6.54 Å². The minimum absolute atomic E-state index is 0.0137. The quantitative estimate of drug-likeness (QED) is 0.173. The Hall–Kier alpha value is -2.19. The number of aliphatic hydroxyl groups is 1. The van der Waals surface area contributed by atoms with Gasteiger partial charge in [-0.15, -0.1) is 0 Å². The summed E-state index contributed by atoms with van der Waals surface area (Å²) < 4.78 is 0. The van der Waals surface area contributed by atoms with E-state index in [9.17, 15) is 9.90 Å². The second kappa shape index (κ2) is 6.52. The number of oxime groups is 1. The van der Waals surface area contributed by atoms with Gasteiger partial charge in [0, 0.05) is 19.3 Å². The van der Waals surface area contributed by atoms with Gasteiger partial charge >= 0.3 is 0 Å². The van der Waals surface area contributed by atoms with Gasteiger partial charge in [-0.3, -0.25) is 9.78 Å². The molecule has 8 nitrogen and oxygen atoms in total. The molecular weight excluding hydrogens is 238 g/mol. The number of rotatable bonds is 6. The van der Waals surface area contributed by atoms with E-state index in [1.807, 2.05) is 0 Å². The van der Waals surface area contributed by atoms with Crippen LogP contribution in [0.1, 0.15) is 11.3 Å². The minimum Gasteiger partial charge on any atom is -0.409 e. The molecule has 1 aromatic heterocycles. The van der Waals surface area contributed by atoms with Crippen molar-refractivity contribution in [1.29, 1.82) is 0 Å². The molecule has 0 aliphatic carbocycles. The molecule has 0 aliphatic rings. The number of hydrogen-bond donors (Lipinski definition) is 5. The summed E-state index contributed by atoms with van der Waals surface area (Å²) >= 11 is 0. The van der Waals surface area contributed by atoms with Crippen LogP contribution in [0.2, 0.25) is 0 Å². The number of pyridine rings is 1. The van der Waals surface area contributed by atoms with E-state index < -0.39 is 12.0 Å². The van der Waals surface area contributed by atoms with Crippen molar-refractivity contribution in [2.24, 2.45) is 16.6 Å². The van der Waals surface area contributed by atoms with E-state index in [0.29, 0.717) is 17.8 Å². The van der Waals surface area contributed by atoms with Crippen molar-refractivity contribution < 1.29 is 15.1 Å². The molecule has 1 heterocycles. The maximum atomic E-state index is 10.6. The van der Waals surface area contributed by atoms with Crippen LogP contribution in [0.4, 0.5) is 0 Å². The number of hydrogen-bond acceptors (Lipinski definition) is 6. The fourth-order valence-corrected chi connectivity index (χ4v) is 1.30. The molecule has 0 aromatic carbocycles. The van der Waals surface area contributed by atoms with Crippen molar-refractivity contribution in [1.82, 2.24) is 10.3 Å². The van der Waals surface area contributed by atoms with Crippen LogP contribution in [0.3, 0.4) is 0 Å². The lowest BCUT2D eigenvalue weighted by Gasteiger charge is -2.10. The monoisotopic (exact) mass is 253 g/mol. The SMILES string of the molecule is NC(=O)C(O)CNCc1cccnc1/C(N)=N/O. The van der Waals surface area contributed by atoms with Crippen LogP contribution in [0, 0.1) is 0 Å². The average molecular weight is 253 g/mol. The van der Waals surface area contributed by atoms with Gasteiger partial charge in [0.15, 0.2) is 5.84 Å². The van der Waals surface area contributed by atoms with E-state index in [-0.39, 0.29) is 12.4 Å². The zero-order valence-electron chi connectivity index (χ0n) is 9.58. The summed E-state index contributed by atoms with van der Waals surface area (Å²) in [5, 5.41) is 23.5. The molecule has 0 saturated heterocycles. The molecule has 1 aromatic rings. The Balaban J connectivity index is 2.65. The van der Waals surface area contributed by atoms with Crippen molar-refractivity contribution in [2.45, 2.75) is 12.6 Å². The van der Waals surface area contributed by atoms with Gasteiger partial charge in [0.05, 0.1) is 0 Å². The zero-order valence-corrected chi connectivity index (χ0v) is 9.58. The molecule has 0 aliphatic heterocycles. The Morgan fingerprint density at radius 1 is 1.56 bits per heavy atom. The van der Waals surface area contributed by atoms with E-state index in [4.69, 9.17) is 16.7 Å². The first-order valence-corrected chi connectivity index (χ1v) is 5.16. The Morgan fingerprint density at radius 3 is 2.89 bits per heavy atom. The van der Waals surface area contributed by atoms with Gasteiger partial charge in [0.2, 0.25) is 5.91 Å². The molecule has 98 valence electrons. The molecule has 18 heavy (non-hydrogen) atoms. The number of nitrogens with one attached hydrogen (secondary N) is 1. The highest BCUT2D eigenvalue weighted by atomic mass is 16.4. The van der Waals surface area contributed by atoms with Crippen molar-refractivity contribution in [3.63, 3.8) is 0 Å². The van der Waals surface area contributed by atoms with Crippen LogP contribution in [-0.2, 0) is 11.3 Å². The van der Waals surface area contributed by atoms with Crippen molar-refractivity contribution >= 4 is 11.7 Å². The lowest BCUT2D eigenvalue weighted by molar-refractivity contribution is -0.125. The summed E-state index contributed by atoms with van der Waals surface area (Å²) in [4.78, 5) is 14.6. The van der Waals surface area contributed by atoms with Crippen molar-refractivity contribution in [3.8, 4) is 0 Å². The van der Waals surface area contributed by atoms with Crippen LogP contribution < -0.4 is 16.8 Å². The normalized spacial score (nSPS) is 13.3. The Kier molecular flexibility index (Phi) is 5.03. The summed E-state index contributed by atoms with van der Waals surface area (Å²) in [6, 6.07) is 3.42. The van der Waals surface area contributed by atoms with Gasteiger partial charge in [-0.05, 0) is 11.6 Å². The molecule has 1 atom stereocenters. The van der Waals surface area contributed by atoms with Gasteiger partial charge in [0.25, 0.3) is 0 Å². The number of aromatic nitrogens is 1. The summed E-state index contributed by atoms with van der Waals surface area (Å²) in [6.07, 6.45) is 0.253. The molecule has 0 fully saturated rings. The molecule has 1 rings (SSSR count). The smallest absolute Gasteiger partial charge is 0.247 e. The molecule has 8 heteroatoms. The van der Waals surface area contributed by atoms with E-state index in [1.165, 1.54) is 6.20 Å². The van der Waals surface area contributed by atoms with Gasteiger partial charge in [-0.1, -0.05) is 11.2 Å². The van der Waals surface area contributed by atoms with Gasteiger partial charge in [-0.25, -0.2) is 0 Å². The number of carbonyl (C=O) groups is 1. The third-order valence-electron chi connectivity index (χ3n) is 2.22. The predicted octanol–water partition coefficient (Wildman–Crippen LogP) is -1.89. The molecule has 0 spiro atoms. The fraction of sp³-hybridized carbons (Fsp3) is 0.300. The topological polar surface area (TPSA) is 147 Å². The first kappa shape index (κ1) is 13.9. The molecule has 1 unspecified atom stereocenters. The lowest BCUT2D eigenvalue weighted by Crippen LogP contribution is -2.37. The maximum Gasteiger partial charge on any atom is 0.247 e. The Labute approximate surface area is 103 Å². The van der Waals surface area contributed by atoms with E-state index >= 15 is 0 Å². The zero-order chi connectivity index (χ0) is 13.5. The molecule has 0 saturated carbocycles. The Morgan fingerprint density at radius 2 is 2.28 bits per heavy atom. The van der Waals surface area contributed by atoms with Crippen LogP contribution in [0.25, 0.3) is 0 Å². The number of aliphatic hydroxyl groups excluding tert-OH is 1. The highest BCUT2D eigenvalue weighted by molar-refractivity contribution is 5.96. The van der Waals surface area contributed by atoms with Crippen LogP contribution in [0.5, 0.6) is 0 Å². The first-order chi connectivity index (χ1) is 8.56. The third kappa shape index (κ3) is 3.68. The highest BCUT2D eigenvalue weighted by Gasteiger charge is 2.11.